The number of halogens is 2. The van der Waals surface area contributed by atoms with Gasteiger partial charge in [0.05, 0.1) is 5.69 Å². The lowest BCUT2D eigenvalue weighted by Crippen LogP contribution is -1.92. The van der Waals surface area contributed by atoms with Gasteiger partial charge in [-0.25, -0.2) is 4.39 Å². The average molecular weight is 345 g/mol. The molecule has 4 heteroatoms. The standard InChI is InChI=1S/C17H14BrFN2/c1-11-9-17(20-21(11)2)15-10-13(5-8-16(15)18)12-3-6-14(19)7-4-12/h3-10H,1-2H3. The van der Waals surface area contributed by atoms with Gasteiger partial charge in [-0.3, -0.25) is 4.68 Å². The summed E-state index contributed by atoms with van der Waals surface area (Å²) in [5.74, 6) is -0.226. The Balaban J connectivity index is 2.09. The van der Waals surface area contributed by atoms with E-state index < -0.39 is 0 Å². The summed E-state index contributed by atoms with van der Waals surface area (Å²) < 4.78 is 15.9. The van der Waals surface area contributed by atoms with E-state index >= 15 is 0 Å². The summed E-state index contributed by atoms with van der Waals surface area (Å²) in [5.41, 5.74) is 5.07. The molecule has 0 bridgehead atoms. The predicted octanol–water partition coefficient (Wildman–Crippen LogP) is 4.96. The number of aromatic nitrogens is 2. The third kappa shape index (κ3) is 2.76. The summed E-state index contributed by atoms with van der Waals surface area (Å²) in [6.07, 6.45) is 0. The van der Waals surface area contributed by atoms with Crippen LogP contribution in [0.5, 0.6) is 0 Å². The number of rotatable bonds is 2. The summed E-state index contributed by atoms with van der Waals surface area (Å²) in [4.78, 5) is 0. The van der Waals surface area contributed by atoms with Crippen LogP contribution in [0, 0.1) is 12.7 Å². The molecule has 3 rings (SSSR count). The second-order valence-electron chi connectivity index (χ2n) is 5.00. The highest BCUT2D eigenvalue weighted by molar-refractivity contribution is 9.10. The van der Waals surface area contributed by atoms with Gasteiger partial charge in [-0.15, -0.1) is 0 Å². The zero-order valence-electron chi connectivity index (χ0n) is 11.8. The van der Waals surface area contributed by atoms with Crippen molar-refractivity contribution in [1.82, 2.24) is 9.78 Å². The van der Waals surface area contributed by atoms with Crippen molar-refractivity contribution in [2.75, 3.05) is 0 Å². The van der Waals surface area contributed by atoms with Crippen molar-refractivity contribution in [2.24, 2.45) is 7.05 Å². The Bertz CT molecular complexity index is 772. The van der Waals surface area contributed by atoms with Crippen LogP contribution in [0.25, 0.3) is 22.4 Å². The van der Waals surface area contributed by atoms with E-state index in [0.29, 0.717) is 0 Å². The molecule has 0 aliphatic carbocycles. The van der Waals surface area contributed by atoms with E-state index in [0.717, 1.165) is 32.6 Å². The van der Waals surface area contributed by atoms with Crippen LogP contribution in [0.4, 0.5) is 4.39 Å². The minimum absolute atomic E-state index is 0.226. The monoisotopic (exact) mass is 344 g/mol. The third-order valence-corrected chi connectivity index (χ3v) is 4.23. The van der Waals surface area contributed by atoms with Gasteiger partial charge >= 0.3 is 0 Å². The van der Waals surface area contributed by atoms with Crippen molar-refractivity contribution in [1.29, 1.82) is 0 Å². The van der Waals surface area contributed by atoms with E-state index in [1.165, 1.54) is 12.1 Å². The van der Waals surface area contributed by atoms with Crippen molar-refractivity contribution >= 4 is 15.9 Å². The second-order valence-corrected chi connectivity index (χ2v) is 5.85. The fourth-order valence-corrected chi connectivity index (χ4v) is 2.69. The predicted molar refractivity (Wildman–Crippen MR) is 86.5 cm³/mol. The largest absolute Gasteiger partial charge is 0.272 e. The summed E-state index contributed by atoms with van der Waals surface area (Å²) in [6.45, 7) is 2.02. The van der Waals surface area contributed by atoms with Gasteiger partial charge in [-0.1, -0.05) is 34.1 Å². The Labute approximate surface area is 131 Å². The van der Waals surface area contributed by atoms with Gasteiger partial charge in [0.2, 0.25) is 0 Å². The zero-order chi connectivity index (χ0) is 15.0. The van der Waals surface area contributed by atoms with Gasteiger partial charge in [0, 0.05) is 22.8 Å². The highest BCUT2D eigenvalue weighted by Gasteiger charge is 2.10. The molecule has 106 valence electrons. The molecule has 0 saturated carbocycles. The first-order valence-corrected chi connectivity index (χ1v) is 7.40. The lowest BCUT2D eigenvalue weighted by Gasteiger charge is -2.06. The Morgan fingerprint density at radius 3 is 2.29 bits per heavy atom. The van der Waals surface area contributed by atoms with Crippen molar-refractivity contribution < 1.29 is 4.39 Å². The molecule has 0 unspecified atom stereocenters. The quantitative estimate of drug-likeness (QED) is 0.642. The summed E-state index contributed by atoms with van der Waals surface area (Å²) >= 11 is 3.58. The van der Waals surface area contributed by atoms with Crippen LogP contribution in [0.15, 0.2) is 53.0 Å². The van der Waals surface area contributed by atoms with Crippen molar-refractivity contribution in [3.8, 4) is 22.4 Å². The van der Waals surface area contributed by atoms with Crippen LogP contribution >= 0.6 is 15.9 Å². The van der Waals surface area contributed by atoms with E-state index in [1.807, 2.05) is 30.8 Å². The maximum Gasteiger partial charge on any atom is 0.123 e. The molecule has 2 nitrogen and oxygen atoms in total. The first kappa shape index (κ1) is 14.0. The van der Waals surface area contributed by atoms with Crippen LogP contribution in [0.3, 0.4) is 0 Å². The first-order valence-electron chi connectivity index (χ1n) is 6.61. The summed E-state index contributed by atoms with van der Waals surface area (Å²) in [5, 5.41) is 4.52. The second kappa shape index (κ2) is 5.45. The summed E-state index contributed by atoms with van der Waals surface area (Å²) in [6, 6.07) is 14.6. The molecule has 0 N–H and O–H groups in total. The van der Waals surface area contributed by atoms with Crippen LogP contribution < -0.4 is 0 Å². The van der Waals surface area contributed by atoms with Gasteiger partial charge in [0.1, 0.15) is 5.82 Å². The molecular weight excluding hydrogens is 331 g/mol. The third-order valence-electron chi connectivity index (χ3n) is 3.53. The SMILES string of the molecule is Cc1cc(-c2cc(-c3ccc(F)cc3)ccc2Br)nn1C. The molecule has 0 fully saturated rings. The number of aryl methyl sites for hydroxylation is 2. The smallest absolute Gasteiger partial charge is 0.123 e. The van der Waals surface area contributed by atoms with E-state index in [2.05, 4.69) is 33.2 Å². The van der Waals surface area contributed by atoms with Crippen molar-refractivity contribution in [2.45, 2.75) is 6.92 Å². The molecule has 2 aromatic carbocycles. The minimum atomic E-state index is -0.226. The minimum Gasteiger partial charge on any atom is -0.272 e. The van der Waals surface area contributed by atoms with Crippen LogP contribution in [-0.4, -0.2) is 9.78 Å². The van der Waals surface area contributed by atoms with Gasteiger partial charge in [-0.05, 0) is 48.4 Å². The normalized spacial score (nSPS) is 10.9. The van der Waals surface area contributed by atoms with E-state index in [9.17, 15) is 4.39 Å². The van der Waals surface area contributed by atoms with Crippen LogP contribution in [0.2, 0.25) is 0 Å². The van der Waals surface area contributed by atoms with Gasteiger partial charge < -0.3 is 0 Å². The fraction of sp³-hybridized carbons (Fsp3) is 0.118. The van der Waals surface area contributed by atoms with E-state index in [4.69, 9.17) is 0 Å². The highest BCUT2D eigenvalue weighted by Crippen LogP contribution is 2.32. The Hall–Kier alpha value is -1.94. The molecule has 1 heterocycles. The molecule has 0 atom stereocenters. The molecule has 0 aliphatic rings. The Morgan fingerprint density at radius 2 is 1.67 bits per heavy atom. The van der Waals surface area contributed by atoms with Crippen molar-refractivity contribution in [3.05, 3.63) is 64.5 Å². The first-order chi connectivity index (χ1) is 10.0. The summed E-state index contributed by atoms with van der Waals surface area (Å²) in [7, 11) is 1.93. The average Bonchev–Trinajstić information content (AvgIpc) is 2.80. The lowest BCUT2D eigenvalue weighted by molar-refractivity contribution is 0.628. The van der Waals surface area contributed by atoms with E-state index in [1.54, 1.807) is 12.1 Å². The number of benzene rings is 2. The molecule has 0 saturated heterocycles. The zero-order valence-corrected chi connectivity index (χ0v) is 13.4. The van der Waals surface area contributed by atoms with Crippen molar-refractivity contribution in [3.63, 3.8) is 0 Å². The van der Waals surface area contributed by atoms with Crippen LogP contribution in [-0.2, 0) is 7.05 Å². The number of hydrogen-bond donors (Lipinski definition) is 0. The molecule has 0 aliphatic heterocycles. The molecule has 0 spiro atoms. The molecule has 1 aromatic heterocycles. The Morgan fingerprint density at radius 1 is 1.00 bits per heavy atom. The number of hydrogen-bond acceptors (Lipinski definition) is 1. The van der Waals surface area contributed by atoms with E-state index in [-0.39, 0.29) is 5.82 Å². The number of nitrogens with zero attached hydrogens (tertiary/aromatic N) is 2. The van der Waals surface area contributed by atoms with Gasteiger partial charge in [-0.2, -0.15) is 5.10 Å². The fourth-order valence-electron chi connectivity index (χ4n) is 2.24. The van der Waals surface area contributed by atoms with Crippen LogP contribution in [0.1, 0.15) is 5.69 Å². The molecule has 21 heavy (non-hydrogen) atoms. The molecule has 0 radical (unpaired) electrons. The molecule has 3 aromatic rings. The van der Waals surface area contributed by atoms with Gasteiger partial charge in [0.15, 0.2) is 0 Å². The molecular formula is C17H14BrFN2. The lowest BCUT2D eigenvalue weighted by atomic mass is 10.0. The maximum absolute atomic E-state index is 13.0. The topological polar surface area (TPSA) is 17.8 Å². The Kier molecular flexibility index (Phi) is 3.64. The highest BCUT2D eigenvalue weighted by atomic mass is 79.9. The van der Waals surface area contributed by atoms with Gasteiger partial charge in [0.25, 0.3) is 0 Å². The maximum atomic E-state index is 13.0. The molecule has 0 amide bonds.